The number of carbonyl (C=O) groups is 1. The summed E-state index contributed by atoms with van der Waals surface area (Å²) in [6.45, 7) is 5.93. The van der Waals surface area contributed by atoms with Crippen molar-refractivity contribution in [3.8, 4) is 11.4 Å². The highest BCUT2D eigenvalue weighted by Crippen LogP contribution is 2.14. The maximum Gasteiger partial charge on any atom is 0.219 e. The van der Waals surface area contributed by atoms with Crippen molar-refractivity contribution in [3.05, 3.63) is 42.5 Å². The summed E-state index contributed by atoms with van der Waals surface area (Å²) in [5.41, 5.74) is 1.98. The Bertz CT molecular complexity index is 661. The van der Waals surface area contributed by atoms with Crippen LogP contribution in [0.5, 0.6) is 0 Å². The van der Waals surface area contributed by atoms with E-state index in [1.54, 1.807) is 25.5 Å². The molecule has 1 fully saturated rings. The van der Waals surface area contributed by atoms with Gasteiger partial charge in [-0.1, -0.05) is 0 Å². The van der Waals surface area contributed by atoms with Crippen molar-refractivity contribution in [2.75, 3.05) is 26.2 Å². The first-order valence-electron chi connectivity index (χ1n) is 7.92. The number of nitrogens with zero attached hydrogens (tertiary/aromatic N) is 5. The van der Waals surface area contributed by atoms with E-state index in [1.165, 1.54) is 0 Å². The molecule has 1 aliphatic heterocycles. The molecule has 6 heteroatoms. The number of aromatic nitrogens is 3. The summed E-state index contributed by atoms with van der Waals surface area (Å²) in [5.74, 6) is 0.888. The third-order valence-corrected chi connectivity index (χ3v) is 4.07. The second-order valence-corrected chi connectivity index (χ2v) is 5.74. The molecular formula is C17H21N5O. The van der Waals surface area contributed by atoms with Gasteiger partial charge in [-0.2, -0.15) is 0 Å². The van der Waals surface area contributed by atoms with Gasteiger partial charge in [0.15, 0.2) is 5.82 Å². The Balaban J connectivity index is 1.67. The van der Waals surface area contributed by atoms with E-state index in [4.69, 9.17) is 0 Å². The zero-order chi connectivity index (χ0) is 16.1. The molecule has 3 rings (SSSR count). The van der Waals surface area contributed by atoms with Crippen LogP contribution in [0.15, 0.2) is 36.8 Å². The fraction of sp³-hybridized carbons (Fsp3) is 0.412. The zero-order valence-corrected chi connectivity index (χ0v) is 13.4. The maximum absolute atomic E-state index is 11.5. The SMILES string of the molecule is CC(=O)N1CCCN(Cc2ccnc(-c3ccncc3)n2)CC1. The minimum atomic E-state index is 0.161. The predicted octanol–water partition coefficient (Wildman–Crippen LogP) is 1.59. The van der Waals surface area contributed by atoms with Crippen molar-refractivity contribution in [2.24, 2.45) is 0 Å². The van der Waals surface area contributed by atoms with Crippen LogP contribution in [-0.2, 0) is 11.3 Å². The fourth-order valence-corrected chi connectivity index (χ4v) is 2.80. The van der Waals surface area contributed by atoms with Gasteiger partial charge >= 0.3 is 0 Å². The van der Waals surface area contributed by atoms with Crippen LogP contribution in [0.1, 0.15) is 19.0 Å². The molecule has 0 bridgehead atoms. The van der Waals surface area contributed by atoms with Gasteiger partial charge in [0.1, 0.15) is 0 Å². The van der Waals surface area contributed by atoms with Gasteiger partial charge in [-0.25, -0.2) is 9.97 Å². The lowest BCUT2D eigenvalue weighted by Gasteiger charge is -2.20. The topological polar surface area (TPSA) is 62.2 Å². The van der Waals surface area contributed by atoms with Crippen molar-refractivity contribution in [1.29, 1.82) is 0 Å². The molecule has 1 saturated heterocycles. The summed E-state index contributed by atoms with van der Waals surface area (Å²) >= 11 is 0. The van der Waals surface area contributed by atoms with Gasteiger partial charge in [-0.15, -0.1) is 0 Å². The van der Waals surface area contributed by atoms with Crippen LogP contribution in [0, 0.1) is 0 Å². The molecule has 0 radical (unpaired) electrons. The molecule has 23 heavy (non-hydrogen) atoms. The van der Waals surface area contributed by atoms with E-state index in [1.807, 2.05) is 23.1 Å². The Labute approximate surface area is 136 Å². The lowest BCUT2D eigenvalue weighted by molar-refractivity contribution is -0.128. The van der Waals surface area contributed by atoms with Crippen molar-refractivity contribution in [2.45, 2.75) is 19.9 Å². The monoisotopic (exact) mass is 311 g/mol. The lowest BCUT2D eigenvalue weighted by atomic mass is 10.2. The third-order valence-electron chi connectivity index (χ3n) is 4.07. The first-order valence-corrected chi connectivity index (χ1v) is 7.92. The molecule has 0 saturated carbocycles. The van der Waals surface area contributed by atoms with Crippen LogP contribution in [0.3, 0.4) is 0 Å². The first kappa shape index (κ1) is 15.6. The number of amides is 1. The summed E-state index contributed by atoms with van der Waals surface area (Å²) in [4.78, 5) is 28.8. The summed E-state index contributed by atoms with van der Waals surface area (Å²) in [6, 6.07) is 5.78. The number of hydrogen-bond acceptors (Lipinski definition) is 5. The van der Waals surface area contributed by atoms with Crippen LogP contribution < -0.4 is 0 Å². The minimum Gasteiger partial charge on any atom is -0.342 e. The zero-order valence-electron chi connectivity index (χ0n) is 13.4. The molecule has 2 aromatic heterocycles. The highest BCUT2D eigenvalue weighted by Gasteiger charge is 2.17. The highest BCUT2D eigenvalue weighted by molar-refractivity contribution is 5.73. The van der Waals surface area contributed by atoms with Gasteiger partial charge in [0.05, 0.1) is 5.69 Å². The molecule has 0 aromatic carbocycles. The summed E-state index contributed by atoms with van der Waals surface area (Å²) in [7, 11) is 0. The molecule has 1 aliphatic rings. The minimum absolute atomic E-state index is 0.161. The Kier molecular flexibility index (Phi) is 4.92. The normalized spacial score (nSPS) is 16.1. The average Bonchev–Trinajstić information content (AvgIpc) is 2.82. The van der Waals surface area contributed by atoms with Crippen LogP contribution in [-0.4, -0.2) is 56.8 Å². The van der Waals surface area contributed by atoms with E-state index >= 15 is 0 Å². The molecule has 120 valence electrons. The third kappa shape index (κ3) is 4.10. The summed E-state index contributed by atoms with van der Waals surface area (Å²) in [6.07, 6.45) is 6.30. The largest absolute Gasteiger partial charge is 0.342 e. The van der Waals surface area contributed by atoms with Gasteiger partial charge in [-0.3, -0.25) is 14.7 Å². The lowest BCUT2D eigenvalue weighted by Crippen LogP contribution is -2.33. The van der Waals surface area contributed by atoms with Crippen molar-refractivity contribution < 1.29 is 4.79 Å². The smallest absolute Gasteiger partial charge is 0.219 e. The molecule has 0 spiro atoms. The van der Waals surface area contributed by atoms with Crippen LogP contribution in [0.25, 0.3) is 11.4 Å². The first-order chi connectivity index (χ1) is 11.2. The molecule has 3 heterocycles. The summed E-state index contributed by atoms with van der Waals surface area (Å²) in [5, 5.41) is 0. The van der Waals surface area contributed by atoms with Crippen molar-refractivity contribution >= 4 is 5.91 Å². The van der Waals surface area contributed by atoms with E-state index in [0.717, 1.165) is 56.2 Å². The maximum atomic E-state index is 11.5. The molecule has 6 nitrogen and oxygen atoms in total. The Morgan fingerprint density at radius 2 is 1.91 bits per heavy atom. The second-order valence-electron chi connectivity index (χ2n) is 5.74. The predicted molar refractivity (Wildman–Crippen MR) is 87.4 cm³/mol. The Morgan fingerprint density at radius 1 is 1.09 bits per heavy atom. The van der Waals surface area contributed by atoms with Crippen molar-refractivity contribution in [1.82, 2.24) is 24.8 Å². The molecular weight excluding hydrogens is 290 g/mol. The average molecular weight is 311 g/mol. The van der Waals surface area contributed by atoms with E-state index in [-0.39, 0.29) is 5.91 Å². The molecule has 0 unspecified atom stereocenters. The number of carbonyl (C=O) groups excluding carboxylic acids is 1. The van der Waals surface area contributed by atoms with E-state index in [9.17, 15) is 4.79 Å². The van der Waals surface area contributed by atoms with Crippen LogP contribution in [0.4, 0.5) is 0 Å². The standard InChI is InChI=1S/C17H21N5O/c1-14(23)22-10-2-9-21(11-12-22)13-16-5-8-19-17(20-16)15-3-6-18-7-4-15/h3-8H,2,9-13H2,1H3. The van der Waals surface area contributed by atoms with Gasteiger partial charge < -0.3 is 4.90 Å². The number of rotatable bonds is 3. The number of pyridine rings is 1. The Morgan fingerprint density at radius 3 is 2.70 bits per heavy atom. The van der Waals surface area contributed by atoms with Crippen LogP contribution >= 0.6 is 0 Å². The van der Waals surface area contributed by atoms with Gasteiger partial charge in [-0.05, 0) is 24.6 Å². The molecule has 2 aromatic rings. The van der Waals surface area contributed by atoms with E-state index < -0.39 is 0 Å². The quantitative estimate of drug-likeness (QED) is 0.861. The molecule has 1 amide bonds. The molecule has 0 atom stereocenters. The van der Waals surface area contributed by atoms with Gasteiger partial charge in [0.2, 0.25) is 5.91 Å². The van der Waals surface area contributed by atoms with Crippen LogP contribution in [0.2, 0.25) is 0 Å². The van der Waals surface area contributed by atoms with Gasteiger partial charge in [0.25, 0.3) is 0 Å². The summed E-state index contributed by atoms with van der Waals surface area (Å²) < 4.78 is 0. The fourth-order valence-electron chi connectivity index (χ4n) is 2.80. The Hall–Kier alpha value is -2.34. The van der Waals surface area contributed by atoms with E-state index in [2.05, 4.69) is 19.9 Å². The molecule has 0 aliphatic carbocycles. The second kappa shape index (κ2) is 7.28. The van der Waals surface area contributed by atoms with Gasteiger partial charge in [0, 0.05) is 63.8 Å². The van der Waals surface area contributed by atoms with E-state index in [0.29, 0.717) is 0 Å². The van der Waals surface area contributed by atoms with Crippen molar-refractivity contribution in [3.63, 3.8) is 0 Å². The molecule has 0 N–H and O–H groups in total. The highest BCUT2D eigenvalue weighted by atomic mass is 16.2. The number of hydrogen-bond donors (Lipinski definition) is 0.